The van der Waals surface area contributed by atoms with Gasteiger partial charge in [0.05, 0.1) is 31.0 Å². The average Bonchev–Trinajstić information content (AvgIpc) is 3.59. The van der Waals surface area contributed by atoms with E-state index in [-0.39, 0.29) is 5.60 Å². The third-order valence-corrected chi connectivity index (χ3v) is 6.67. The largest absolute Gasteiger partial charge is 0.490 e. The maximum atomic E-state index is 10.6. The van der Waals surface area contributed by atoms with Crippen molar-refractivity contribution >= 4 is 11.9 Å². The van der Waals surface area contributed by atoms with E-state index in [0.29, 0.717) is 0 Å². The molecule has 1 aromatic carbocycles. The molecule has 2 aliphatic heterocycles. The zero-order chi connectivity index (χ0) is 32.0. The first-order chi connectivity index (χ1) is 20.0. The van der Waals surface area contributed by atoms with E-state index >= 15 is 0 Å². The summed E-state index contributed by atoms with van der Waals surface area (Å²) in [4.78, 5) is 22.5. The number of carboxylic acid groups (broad SMARTS) is 2. The molecule has 10 nitrogen and oxygen atoms in total. The maximum absolute atomic E-state index is 10.6. The highest BCUT2D eigenvalue weighted by Gasteiger charge is 2.45. The van der Waals surface area contributed by atoms with Gasteiger partial charge in [0.1, 0.15) is 11.4 Å². The molecule has 1 fully saturated rings. The van der Waals surface area contributed by atoms with E-state index in [9.17, 15) is 26.3 Å². The zero-order valence-corrected chi connectivity index (χ0v) is 23.2. The molecule has 2 aromatic heterocycles. The Balaban J connectivity index is 0.000000303. The molecule has 3 aromatic rings. The van der Waals surface area contributed by atoms with Crippen molar-refractivity contribution in [2.24, 2.45) is 0 Å². The second kappa shape index (κ2) is 13.5. The molecule has 236 valence electrons. The van der Waals surface area contributed by atoms with Crippen LogP contribution in [0.15, 0.2) is 53.5 Å². The van der Waals surface area contributed by atoms with Gasteiger partial charge in [-0.05, 0) is 32.3 Å². The minimum absolute atomic E-state index is 0.285. The number of carbonyl (C=O) groups is 2. The van der Waals surface area contributed by atoms with Gasteiger partial charge >= 0.3 is 24.3 Å². The van der Waals surface area contributed by atoms with Gasteiger partial charge in [-0.2, -0.15) is 31.4 Å². The van der Waals surface area contributed by atoms with Gasteiger partial charge < -0.3 is 24.3 Å². The molecule has 0 radical (unpaired) electrons. The number of piperidine rings is 1. The fraction of sp³-hybridized carbons (Fsp3) is 0.444. The lowest BCUT2D eigenvalue weighted by molar-refractivity contribution is -0.193. The van der Waals surface area contributed by atoms with Gasteiger partial charge in [-0.15, -0.1) is 0 Å². The summed E-state index contributed by atoms with van der Waals surface area (Å²) in [6.07, 6.45) is -2.61. The van der Waals surface area contributed by atoms with Crippen LogP contribution < -0.4 is 4.74 Å². The number of carboxylic acids is 2. The summed E-state index contributed by atoms with van der Waals surface area (Å²) in [7, 11) is 4.20. The molecular formula is C27H30F6N4O6. The van der Waals surface area contributed by atoms with Crippen molar-refractivity contribution in [3.05, 3.63) is 60.2 Å². The first-order valence-corrected chi connectivity index (χ1v) is 12.9. The van der Waals surface area contributed by atoms with E-state index in [1.54, 1.807) is 6.26 Å². The Morgan fingerprint density at radius 1 is 1.00 bits per heavy atom. The number of alkyl halides is 6. The third-order valence-electron chi connectivity index (χ3n) is 6.67. The summed E-state index contributed by atoms with van der Waals surface area (Å²) in [5, 5.41) is 19.0. The molecule has 0 bridgehead atoms. The predicted molar refractivity (Wildman–Crippen MR) is 139 cm³/mol. The summed E-state index contributed by atoms with van der Waals surface area (Å²) in [5.74, 6) is -4.53. The number of ether oxygens (including phenoxy) is 1. The molecule has 4 heterocycles. The SMILES string of the molecule is CN(C)CCn1ncc2c1-c1ccccc1OC21CCN(Cc2ccoc2)CC1.O=C(O)C(F)(F)F.O=C(O)C(F)(F)F. The second-order valence-corrected chi connectivity index (χ2v) is 10.0. The summed E-state index contributed by atoms with van der Waals surface area (Å²) in [6.45, 7) is 4.76. The Labute approximate surface area is 242 Å². The molecule has 0 saturated carbocycles. The molecular weight excluding hydrogens is 590 g/mol. The van der Waals surface area contributed by atoms with Crippen LogP contribution in [0, 0.1) is 0 Å². The van der Waals surface area contributed by atoms with Crippen LogP contribution >= 0.6 is 0 Å². The predicted octanol–water partition coefficient (Wildman–Crippen LogP) is 4.86. The van der Waals surface area contributed by atoms with Crippen molar-refractivity contribution < 1.29 is 55.3 Å². The number of halogens is 6. The molecule has 2 N–H and O–H groups in total. The van der Waals surface area contributed by atoms with E-state index in [1.807, 2.05) is 18.5 Å². The third kappa shape index (κ3) is 8.73. The summed E-state index contributed by atoms with van der Waals surface area (Å²) >= 11 is 0. The molecule has 2 aliphatic rings. The average molecular weight is 621 g/mol. The number of hydrogen-bond acceptors (Lipinski definition) is 7. The van der Waals surface area contributed by atoms with Gasteiger partial charge in [-0.25, -0.2) is 9.59 Å². The van der Waals surface area contributed by atoms with Crippen molar-refractivity contribution in [1.29, 1.82) is 0 Å². The van der Waals surface area contributed by atoms with Crippen LogP contribution in [0.2, 0.25) is 0 Å². The number of likely N-dealkylation sites (tertiary alicyclic amines) is 1. The number of benzene rings is 1. The van der Waals surface area contributed by atoms with E-state index in [1.165, 1.54) is 16.8 Å². The standard InChI is InChI=1S/C23H28N4O2.2C2HF3O2/c1-25(2)12-13-27-22-19-5-3-4-6-21(19)29-23(20(22)15-24-27)8-10-26(11-9-23)16-18-7-14-28-17-18;2*3-2(4,5)1(6)7/h3-7,14-15,17H,8-13,16H2,1-2H3;2*(H,6,7). The lowest BCUT2D eigenvalue weighted by atomic mass is 9.81. The van der Waals surface area contributed by atoms with Gasteiger partial charge in [-0.1, -0.05) is 12.1 Å². The molecule has 1 saturated heterocycles. The quantitative estimate of drug-likeness (QED) is 0.386. The lowest BCUT2D eigenvalue weighted by Crippen LogP contribution is -2.47. The topological polar surface area (TPSA) is 121 Å². The van der Waals surface area contributed by atoms with Crippen molar-refractivity contribution in [2.75, 3.05) is 33.7 Å². The van der Waals surface area contributed by atoms with E-state index in [0.717, 1.165) is 56.9 Å². The van der Waals surface area contributed by atoms with Crippen LogP contribution in [0.1, 0.15) is 24.0 Å². The molecule has 0 atom stereocenters. The molecule has 0 unspecified atom stereocenters. The van der Waals surface area contributed by atoms with Crippen LogP contribution in [0.5, 0.6) is 5.75 Å². The normalized spacial score (nSPS) is 15.7. The van der Waals surface area contributed by atoms with Crippen molar-refractivity contribution in [3.8, 4) is 17.0 Å². The summed E-state index contributed by atoms with van der Waals surface area (Å²) < 4.78 is 77.6. The van der Waals surface area contributed by atoms with Crippen molar-refractivity contribution in [2.45, 2.75) is 43.9 Å². The Bertz CT molecular complexity index is 1340. The summed E-state index contributed by atoms with van der Waals surface area (Å²) in [5.41, 5.74) is 4.58. The van der Waals surface area contributed by atoms with Crippen LogP contribution in [0.25, 0.3) is 11.3 Å². The van der Waals surface area contributed by atoms with Gasteiger partial charge in [0, 0.05) is 55.7 Å². The van der Waals surface area contributed by atoms with Crippen molar-refractivity contribution in [3.63, 3.8) is 0 Å². The van der Waals surface area contributed by atoms with Crippen LogP contribution in [-0.4, -0.2) is 87.8 Å². The number of aromatic nitrogens is 2. The number of fused-ring (bicyclic) bond motifs is 4. The Morgan fingerprint density at radius 3 is 2.09 bits per heavy atom. The minimum atomic E-state index is -5.08. The van der Waals surface area contributed by atoms with Crippen LogP contribution in [0.3, 0.4) is 0 Å². The molecule has 43 heavy (non-hydrogen) atoms. The first-order valence-electron chi connectivity index (χ1n) is 12.9. The maximum Gasteiger partial charge on any atom is 0.490 e. The van der Waals surface area contributed by atoms with Gasteiger partial charge in [-0.3, -0.25) is 9.58 Å². The molecule has 0 amide bonds. The lowest BCUT2D eigenvalue weighted by Gasteiger charge is -2.44. The number of aliphatic carboxylic acids is 2. The minimum Gasteiger partial charge on any atom is -0.482 e. The summed E-state index contributed by atoms with van der Waals surface area (Å²) in [6, 6.07) is 10.4. The number of hydrogen-bond donors (Lipinski definition) is 2. The smallest absolute Gasteiger partial charge is 0.482 e. The molecule has 0 aliphatic carbocycles. The second-order valence-electron chi connectivity index (χ2n) is 10.0. The monoisotopic (exact) mass is 620 g/mol. The Morgan fingerprint density at radius 2 is 1.58 bits per heavy atom. The van der Waals surface area contributed by atoms with Gasteiger partial charge in [0.25, 0.3) is 0 Å². The fourth-order valence-corrected chi connectivity index (χ4v) is 4.57. The van der Waals surface area contributed by atoms with E-state index in [4.69, 9.17) is 34.1 Å². The highest BCUT2D eigenvalue weighted by Crippen LogP contribution is 2.49. The number of furan rings is 1. The highest BCUT2D eigenvalue weighted by molar-refractivity contribution is 5.74. The molecule has 5 rings (SSSR count). The molecule has 16 heteroatoms. The number of rotatable bonds is 5. The first kappa shape index (κ1) is 33.5. The van der Waals surface area contributed by atoms with Gasteiger partial charge in [0.15, 0.2) is 0 Å². The van der Waals surface area contributed by atoms with Gasteiger partial charge in [0.2, 0.25) is 0 Å². The zero-order valence-electron chi connectivity index (χ0n) is 23.2. The number of likely N-dealkylation sites (N-methyl/N-ethyl adjacent to an activating group) is 1. The van der Waals surface area contributed by atoms with Crippen LogP contribution in [0.4, 0.5) is 26.3 Å². The van der Waals surface area contributed by atoms with E-state index in [2.05, 4.69) is 52.8 Å². The Kier molecular flexibility index (Phi) is 10.5. The van der Waals surface area contributed by atoms with Crippen LogP contribution in [-0.2, 0) is 28.3 Å². The highest BCUT2D eigenvalue weighted by atomic mass is 19.4. The van der Waals surface area contributed by atoms with E-state index < -0.39 is 24.3 Å². The number of para-hydroxylation sites is 1. The molecule has 1 spiro atoms. The van der Waals surface area contributed by atoms with Crippen molar-refractivity contribution in [1.82, 2.24) is 19.6 Å². The fourth-order valence-electron chi connectivity index (χ4n) is 4.57. The Hall–Kier alpha value is -4.05. The number of nitrogens with zero attached hydrogens (tertiary/aromatic N) is 4.